The largest absolute Gasteiger partial charge is 0.349 e. The average molecular weight is 318 g/mol. The van der Waals surface area contributed by atoms with Crippen LogP contribution in [0.5, 0.6) is 0 Å². The van der Waals surface area contributed by atoms with Crippen LogP contribution in [-0.4, -0.2) is 46.3 Å². The molecule has 0 bridgehead atoms. The predicted molar refractivity (Wildman–Crippen MR) is 89.2 cm³/mol. The fourth-order valence-corrected chi connectivity index (χ4v) is 3.42. The lowest BCUT2D eigenvalue weighted by molar-refractivity contribution is 0.483. The van der Waals surface area contributed by atoms with Crippen LogP contribution < -0.4 is 5.32 Å². The van der Waals surface area contributed by atoms with Gasteiger partial charge in [-0.05, 0) is 24.3 Å². The zero-order valence-electron chi connectivity index (χ0n) is 13.1. The number of nitrogens with zero attached hydrogens (tertiary/aromatic N) is 5. The van der Waals surface area contributed by atoms with Crippen LogP contribution in [0.2, 0.25) is 0 Å². The van der Waals surface area contributed by atoms with E-state index in [-0.39, 0.29) is 0 Å². The number of fused-ring (bicyclic) bond motifs is 1. The van der Waals surface area contributed by atoms with Gasteiger partial charge in [-0.1, -0.05) is 6.07 Å². The first-order valence-corrected chi connectivity index (χ1v) is 8.51. The van der Waals surface area contributed by atoms with Crippen molar-refractivity contribution in [2.24, 2.45) is 4.99 Å². The Labute approximate surface area is 134 Å². The summed E-state index contributed by atoms with van der Waals surface area (Å²) in [5, 5.41) is 14.0. The number of thiophene rings is 1. The highest BCUT2D eigenvalue weighted by atomic mass is 32.1. The molecule has 118 valence electrons. The minimum atomic E-state index is 0.670. The summed E-state index contributed by atoms with van der Waals surface area (Å²) in [6, 6.07) is 4.27. The van der Waals surface area contributed by atoms with E-state index in [9.17, 15) is 0 Å². The van der Waals surface area contributed by atoms with Crippen LogP contribution in [0.4, 0.5) is 0 Å². The van der Waals surface area contributed by atoms with E-state index in [1.54, 1.807) is 11.3 Å². The molecule has 3 rings (SSSR count). The maximum absolute atomic E-state index is 4.36. The van der Waals surface area contributed by atoms with E-state index in [0.717, 1.165) is 43.5 Å². The van der Waals surface area contributed by atoms with Crippen molar-refractivity contribution in [1.29, 1.82) is 0 Å². The van der Waals surface area contributed by atoms with Gasteiger partial charge in [-0.25, -0.2) is 0 Å². The number of likely N-dealkylation sites (N-methyl/N-ethyl adjacent to an activating group) is 1. The van der Waals surface area contributed by atoms with Crippen LogP contribution in [0.25, 0.3) is 0 Å². The minimum absolute atomic E-state index is 0.670. The van der Waals surface area contributed by atoms with Gasteiger partial charge in [-0.2, -0.15) is 0 Å². The zero-order valence-corrected chi connectivity index (χ0v) is 13.9. The normalized spacial score (nSPS) is 14.2. The SMILES string of the molecule is CN=C(NCc1nnc2n1CCC2)N(C)CCc1cccs1. The number of nitrogens with one attached hydrogen (secondary N) is 1. The lowest BCUT2D eigenvalue weighted by Crippen LogP contribution is -2.39. The second-order valence-corrected chi connectivity index (χ2v) is 6.47. The van der Waals surface area contributed by atoms with Gasteiger partial charge in [0.25, 0.3) is 0 Å². The topological polar surface area (TPSA) is 58.3 Å². The van der Waals surface area contributed by atoms with Crippen molar-refractivity contribution in [3.8, 4) is 0 Å². The first-order valence-electron chi connectivity index (χ1n) is 7.63. The van der Waals surface area contributed by atoms with E-state index < -0.39 is 0 Å². The van der Waals surface area contributed by atoms with E-state index in [2.05, 4.69) is 54.5 Å². The van der Waals surface area contributed by atoms with Crippen molar-refractivity contribution in [3.63, 3.8) is 0 Å². The maximum atomic E-state index is 4.36. The third-order valence-electron chi connectivity index (χ3n) is 3.94. The Morgan fingerprint density at radius 2 is 2.41 bits per heavy atom. The fraction of sp³-hybridized carbons (Fsp3) is 0.533. The molecule has 0 fully saturated rings. The van der Waals surface area contributed by atoms with Crippen LogP contribution in [0.1, 0.15) is 22.9 Å². The first-order chi connectivity index (χ1) is 10.8. The Morgan fingerprint density at radius 1 is 1.50 bits per heavy atom. The summed E-state index contributed by atoms with van der Waals surface area (Å²) in [5.74, 6) is 3.00. The van der Waals surface area contributed by atoms with Gasteiger partial charge in [-0.3, -0.25) is 4.99 Å². The van der Waals surface area contributed by atoms with E-state index >= 15 is 0 Å². The third kappa shape index (κ3) is 3.30. The molecule has 0 aliphatic carbocycles. The van der Waals surface area contributed by atoms with Crippen molar-refractivity contribution in [2.75, 3.05) is 20.6 Å². The summed E-state index contributed by atoms with van der Waals surface area (Å²) in [7, 11) is 3.88. The van der Waals surface area contributed by atoms with Crippen molar-refractivity contribution in [3.05, 3.63) is 34.0 Å². The Morgan fingerprint density at radius 3 is 3.18 bits per heavy atom. The molecule has 0 spiro atoms. The highest BCUT2D eigenvalue weighted by Gasteiger charge is 2.17. The standard InChI is InChI=1S/C15H22N6S/c1-16-15(20(2)9-7-12-5-4-10-22-12)17-11-14-19-18-13-6-3-8-21(13)14/h4-5,10H,3,6-9,11H2,1-2H3,(H,16,17). The van der Waals surface area contributed by atoms with Crippen LogP contribution in [0, 0.1) is 0 Å². The lowest BCUT2D eigenvalue weighted by Gasteiger charge is -2.21. The molecule has 0 unspecified atom stereocenters. The molecule has 1 N–H and O–H groups in total. The quantitative estimate of drug-likeness (QED) is 0.671. The number of guanidine groups is 1. The molecule has 3 heterocycles. The molecule has 0 atom stereocenters. The van der Waals surface area contributed by atoms with E-state index in [1.165, 1.54) is 11.3 Å². The molecular weight excluding hydrogens is 296 g/mol. The molecule has 2 aromatic rings. The Balaban J connectivity index is 1.53. The molecule has 6 nitrogen and oxygen atoms in total. The minimum Gasteiger partial charge on any atom is -0.349 e. The summed E-state index contributed by atoms with van der Waals surface area (Å²) in [4.78, 5) is 7.91. The van der Waals surface area contributed by atoms with Gasteiger partial charge >= 0.3 is 0 Å². The maximum Gasteiger partial charge on any atom is 0.193 e. The van der Waals surface area contributed by atoms with Crippen LogP contribution in [0.15, 0.2) is 22.5 Å². The fourth-order valence-electron chi connectivity index (χ4n) is 2.72. The Hall–Kier alpha value is -1.89. The number of rotatable bonds is 5. The second-order valence-electron chi connectivity index (χ2n) is 5.44. The predicted octanol–water partition coefficient (Wildman–Crippen LogP) is 1.54. The molecule has 0 saturated heterocycles. The first kappa shape index (κ1) is 15.0. The van der Waals surface area contributed by atoms with Gasteiger partial charge in [-0.15, -0.1) is 21.5 Å². The summed E-state index contributed by atoms with van der Waals surface area (Å²) < 4.78 is 2.21. The van der Waals surface area contributed by atoms with E-state index in [1.807, 2.05) is 7.05 Å². The molecule has 0 saturated carbocycles. The van der Waals surface area contributed by atoms with Crippen LogP contribution in [-0.2, 0) is 25.9 Å². The molecule has 2 aromatic heterocycles. The van der Waals surface area contributed by atoms with Gasteiger partial charge in [0.2, 0.25) is 0 Å². The number of hydrogen-bond donors (Lipinski definition) is 1. The van der Waals surface area contributed by atoms with Crippen molar-refractivity contribution in [2.45, 2.75) is 32.4 Å². The van der Waals surface area contributed by atoms with Crippen LogP contribution in [0.3, 0.4) is 0 Å². The number of aliphatic imine (C=N–C) groups is 1. The summed E-state index contributed by atoms with van der Waals surface area (Å²) in [6.07, 6.45) is 3.25. The van der Waals surface area contributed by atoms with E-state index in [0.29, 0.717) is 6.54 Å². The Kier molecular flexibility index (Phi) is 4.72. The lowest BCUT2D eigenvalue weighted by atomic mass is 10.3. The molecular formula is C15H22N6S. The molecule has 0 radical (unpaired) electrons. The molecule has 22 heavy (non-hydrogen) atoms. The molecule has 7 heteroatoms. The number of hydrogen-bond acceptors (Lipinski definition) is 4. The smallest absolute Gasteiger partial charge is 0.193 e. The summed E-state index contributed by atoms with van der Waals surface area (Å²) in [6.45, 7) is 2.65. The zero-order chi connectivity index (χ0) is 15.4. The van der Waals surface area contributed by atoms with Gasteiger partial charge in [0.1, 0.15) is 5.82 Å². The van der Waals surface area contributed by atoms with E-state index in [4.69, 9.17) is 0 Å². The van der Waals surface area contributed by atoms with Crippen molar-refractivity contribution >= 4 is 17.3 Å². The Bertz CT molecular complexity index is 631. The third-order valence-corrected chi connectivity index (χ3v) is 4.87. The molecule has 0 aromatic carbocycles. The molecule has 1 aliphatic heterocycles. The van der Waals surface area contributed by atoms with Crippen LogP contribution >= 0.6 is 11.3 Å². The number of aryl methyl sites for hydroxylation is 1. The number of aromatic nitrogens is 3. The van der Waals surface area contributed by atoms with Gasteiger partial charge in [0, 0.05) is 38.5 Å². The monoisotopic (exact) mass is 318 g/mol. The van der Waals surface area contributed by atoms with Gasteiger partial charge in [0.05, 0.1) is 6.54 Å². The van der Waals surface area contributed by atoms with Gasteiger partial charge < -0.3 is 14.8 Å². The highest BCUT2D eigenvalue weighted by molar-refractivity contribution is 7.09. The summed E-state index contributed by atoms with van der Waals surface area (Å²) in [5.41, 5.74) is 0. The summed E-state index contributed by atoms with van der Waals surface area (Å²) >= 11 is 1.80. The highest BCUT2D eigenvalue weighted by Crippen LogP contribution is 2.13. The van der Waals surface area contributed by atoms with Gasteiger partial charge in [0.15, 0.2) is 11.8 Å². The molecule has 0 amide bonds. The van der Waals surface area contributed by atoms with Crippen molar-refractivity contribution in [1.82, 2.24) is 25.0 Å². The average Bonchev–Trinajstić information content (AvgIpc) is 3.24. The second kappa shape index (κ2) is 6.91. The molecule has 1 aliphatic rings. The van der Waals surface area contributed by atoms with Crippen molar-refractivity contribution < 1.29 is 0 Å².